The van der Waals surface area contributed by atoms with Crippen LogP contribution in [-0.4, -0.2) is 11.1 Å². The zero-order chi connectivity index (χ0) is 14.6. The molecule has 0 aliphatic carbocycles. The molecule has 0 aliphatic rings. The van der Waals surface area contributed by atoms with Crippen molar-refractivity contribution >= 4 is 27.6 Å². The second-order valence-corrected chi connectivity index (χ2v) is 3.99. The number of aromatic carboxylic acids is 1. The van der Waals surface area contributed by atoms with Crippen molar-refractivity contribution in [3.05, 3.63) is 39.5 Å². The van der Waals surface area contributed by atoms with E-state index in [9.17, 15) is 13.6 Å². The fourth-order valence-corrected chi connectivity index (χ4v) is 1.63. The number of hydrogen-bond acceptors (Lipinski definition) is 4. The summed E-state index contributed by atoms with van der Waals surface area (Å²) in [6.45, 7) is 0. The number of anilines is 1. The summed E-state index contributed by atoms with van der Waals surface area (Å²) in [5, 5.41) is 27.8. The first kappa shape index (κ1) is 14.6. The normalized spacial score (nSPS) is 9.11. The maximum Gasteiger partial charge on any atom is 0.338 e. The number of hydrogen-bond donors (Lipinski definition) is 2. The molecule has 0 atom stereocenters. The van der Waals surface area contributed by atoms with Gasteiger partial charge in [0.25, 0.3) is 0 Å². The number of allylic oxidation sites excluding steroid dienone is 1. The van der Waals surface area contributed by atoms with Gasteiger partial charge >= 0.3 is 5.97 Å². The third-order valence-corrected chi connectivity index (χ3v) is 2.62. The van der Waals surface area contributed by atoms with E-state index in [1.165, 1.54) is 12.1 Å². The minimum absolute atomic E-state index is 0.0599. The number of carboxylic acids is 1. The minimum Gasteiger partial charge on any atom is -0.478 e. The largest absolute Gasteiger partial charge is 0.478 e. The zero-order valence-corrected chi connectivity index (χ0v) is 10.6. The summed E-state index contributed by atoms with van der Waals surface area (Å²) < 4.78 is 27.0. The lowest BCUT2D eigenvalue weighted by atomic mass is 10.2. The highest BCUT2D eigenvalue weighted by molar-refractivity contribution is 9.10. The molecule has 0 amide bonds. The predicted molar refractivity (Wildman–Crippen MR) is 63.9 cm³/mol. The third-order valence-electron chi connectivity index (χ3n) is 1.99. The van der Waals surface area contributed by atoms with Crippen molar-refractivity contribution in [1.82, 2.24) is 0 Å². The minimum atomic E-state index is -1.62. The molecule has 0 heterocycles. The molecule has 0 fully saturated rings. The summed E-state index contributed by atoms with van der Waals surface area (Å²) in [5.41, 5.74) is -1.60. The second-order valence-electron chi connectivity index (χ2n) is 3.14. The molecule has 0 spiro atoms. The third kappa shape index (κ3) is 3.06. The van der Waals surface area contributed by atoms with Crippen LogP contribution in [0.1, 0.15) is 10.4 Å². The molecule has 0 aromatic heterocycles. The highest BCUT2D eigenvalue weighted by Crippen LogP contribution is 2.30. The lowest BCUT2D eigenvalue weighted by molar-refractivity contribution is 0.0690. The molecular formula is C11H4BrF2N3O2. The molecule has 1 rings (SSSR count). The van der Waals surface area contributed by atoms with Gasteiger partial charge < -0.3 is 10.4 Å². The molecule has 1 aromatic carbocycles. The van der Waals surface area contributed by atoms with E-state index < -0.39 is 28.9 Å². The molecule has 0 unspecified atom stereocenters. The fourth-order valence-electron chi connectivity index (χ4n) is 1.12. The van der Waals surface area contributed by atoms with E-state index in [0.717, 1.165) is 12.3 Å². The molecule has 0 radical (unpaired) electrons. The van der Waals surface area contributed by atoms with Crippen LogP contribution in [0, 0.1) is 34.3 Å². The van der Waals surface area contributed by atoms with Crippen molar-refractivity contribution in [2.75, 3.05) is 5.32 Å². The summed E-state index contributed by atoms with van der Waals surface area (Å²) in [6, 6.07) is 3.90. The number of carbonyl (C=O) groups is 1. The topological polar surface area (TPSA) is 96.9 Å². The monoisotopic (exact) mass is 327 g/mol. The Morgan fingerprint density at radius 1 is 1.37 bits per heavy atom. The van der Waals surface area contributed by atoms with Gasteiger partial charge in [-0.2, -0.15) is 10.5 Å². The van der Waals surface area contributed by atoms with Crippen molar-refractivity contribution in [1.29, 1.82) is 10.5 Å². The van der Waals surface area contributed by atoms with E-state index in [4.69, 9.17) is 15.6 Å². The van der Waals surface area contributed by atoms with E-state index in [1.54, 1.807) is 0 Å². The van der Waals surface area contributed by atoms with Gasteiger partial charge in [0.2, 0.25) is 0 Å². The Morgan fingerprint density at radius 2 is 1.95 bits per heavy atom. The van der Waals surface area contributed by atoms with E-state index in [-0.39, 0.29) is 10.0 Å². The number of nitriles is 2. The number of nitrogens with one attached hydrogen (secondary N) is 1. The molecule has 1 aromatic rings. The number of nitrogens with zero attached hydrogens (tertiary/aromatic N) is 2. The van der Waals surface area contributed by atoms with Gasteiger partial charge in [-0.3, -0.25) is 0 Å². The van der Waals surface area contributed by atoms with Gasteiger partial charge in [0.1, 0.15) is 17.7 Å². The van der Waals surface area contributed by atoms with E-state index in [1.807, 2.05) is 0 Å². The van der Waals surface area contributed by atoms with Crippen LogP contribution in [0.15, 0.2) is 22.3 Å². The lowest BCUT2D eigenvalue weighted by Crippen LogP contribution is -2.06. The number of halogens is 3. The lowest BCUT2D eigenvalue weighted by Gasteiger charge is -2.08. The van der Waals surface area contributed by atoms with Gasteiger partial charge in [-0.1, -0.05) is 0 Å². The maximum atomic E-state index is 13.6. The van der Waals surface area contributed by atoms with Crippen LogP contribution in [0.5, 0.6) is 0 Å². The molecule has 8 heteroatoms. The Hall–Kier alpha value is -2.45. The van der Waals surface area contributed by atoms with Gasteiger partial charge in [-0.05, 0) is 22.0 Å². The summed E-state index contributed by atoms with van der Waals surface area (Å²) in [6.07, 6.45) is 0.878. The van der Waals surface area contributed by atoms with E-state index >= 15 is 0 Å². The van der Waals surface area contributed by atoms with Crippen molar-refractivity contribution in [2.45, 2.75) is 0 Å². The average molecular weight is 328 g/mol. The molecule has 0 bridgehead atoms. The Balaban J connectivity index is 3.30. The summed E-state index contributed by atoms with van der Waals surface area (Å²) in [7, 11) is 0. The standard InChI is InChI=1S/C11H4BrF2N3O2/c12-7-1-6(11(18)19)8(13)9(14)10(7)17-4-5(2-15)3-16/h1,4,17H,(H,18,19). The van der Waals surface area contributed by atoms with Gasteiger partial charge in [0.05, 0.1) is 11.3 Å². The van der Waals surface area contributed by atoms with Gasteiger partial charge in [-0.15, -0.1) is 0 Å². The van der Waals surface area contributed by atoms with Crippen molar-refractivity contribution in [2.24, 2.45) is 0 Å². The second kappa shape index (κ2) is 5.94. The van der Waals surface area contributed by atoms with Crippen LogP contribution >= 0.6 is 15.9 Å². The Bertz CT molecular complexity index is 643. The molecule has 5 nitrogen and oxygen atoms in total. The van der Waals surface area contributed by atoms with Crippen LogP contribution in [0.3, 0.4) is 0 Å². The quantitative estimate of drug-likeness (QED) is 0.657. The Morgan fingerprint density at radius 3 is 2.42 bits per heavy atom. The predicted octanol–water partition coefficient (Wildman–Crippen LogP) is 2.77. The molecule has 19 heavy (non-hydrogen) atoms. The zero-order valence-electron chi connectivity index (χ0n) is 9.04. The molecule has 0 saturated heterocycles. The SMILES string of the molecule is N#CC(C#N)=CNc1c(Br)cc(C(=O)O)c(F)c1F. The highest BCUT2D eigenvalue weighted by atomic mass is 79.9. The van der Waals surface area contributed by atoms with Crippen LogP contribution in [-0.2, 0) is 0 Å². The molecule has 0 saturated carbocycles. The molecule has 2 N–H and O–H groups in total. The number of rotatable bonds is 3. The maximum absolute atomic E-state index is 13.6. The van der Waals surface area contributed by atoms with Crippen LogP contribution < -0.4 is 5.32 Å². The van der Waals surface area contributed by atoms with Crippen molar-refractivity contribution < 1.29 is 18.7 Å². The van der Waals surface area contributed by atoms with Crippen LogP contribution in [0.2, 0.25) is 0 Å². The van der Waals surface area contributed by atoms with Crippen LogP contribution in [0.25, 0.3) is 0 Å². The van der Waals surface area contributed by atoms with Crippen molar-refractivity contribution in [3.63, 3.8) is 0 Å². The first-order valence-corrected chi connectivity index (χ1v) is 5.39. The highest BCUT2D eigenvalue weighted by Gasteiger charge is 2.20. The summed E-state index contributed by atoms with van der Waals surface area (Å²) in [5.74, 6) is -4.59. The number of benzene rings is 1. The smallest absolute Gasteiger partial charge is 0.338 e. The summed E-state index contributed by atoms with van der Waals surface area (Å²) >= 11 is 2.87. The van der Waals surface area contributed by atoms with E-state index in [0.29, 0.717) is 0 Å². The average Bonchev–Trinajstić information content (AvgIpc) is 2.37. The van der Waals surface area contributed by atoms with Crippen LogP contribution in [0.4, 0.5) is 14.5 Å². The molecular weight excluding hydrogens is 324 g/mol. The molecule has 96 valence electrons. The Labute approximate surface area is 114 Å². The fraction of sp³-hybridized carbons (Fsp3) is 0. The van der Waals surface area contributed by atoms with E-state index in [2.05, 4.69) is 21.2 Å². The van der Waals surface area contributed by atoms with Gasteiger partial charge in [-0.25, -0.2) is 13.6 Å². The first-order valence-electron chi connectivity index (χ1n) is 4.60. The summed E-state index contributed by atoms with van der Waals surface area (Å²) in [4.78, 5) is 10.7. The van der Waals surface area contributed by atoms with Gasteiger partial charge in [0.15, 0.2) is 11.6 Å². The number of carboxylic acid groups (broad SMARTS) is 1. The molecule has 0 aliphatic heterocycles. The Kier molecular flexibility index (Phi) is 4.56. The first-order chi connectivity index (χ1) is 8.92. The van der Waals surface area contributed by atoms with Crippen molar-refractivity contribution in [3.8, 4) is 12.1 Å². The van der Waals surface area contributed by atoms with Gasteiger partial charge in [0, 0.05) is 10.7 Å².